The van der Waals surface area contributed by atoms with E-state index >= 15 is 0 Å². The van der Waals surface area contributed by atoms with Crippen LogP contribution in [0, 0.1) is 19.8 Å². The van der Waals surface area contributed by atoms with Crippen molar-refractivity contribution in [3.8, 4) is 0 Å². The molecule has 0 N–H and O–H groups in total. The molecule has 0 aliphatic heterocycles. The summed E-state index contributed by atoms with van der Waals surface area (Å²) in [6, 6.07) is 2.20. The molecule has 0 spiro atoms. The highest BCUT2D eigenvalue weighted by Crippen LogP contribution is 2.26. The second-order valence-electron chi connectivity index (χ2n) is 4.35. The Morgan fingerprint density at radius 1 is 1.38 bits per heavy atom. The lowest BCUT2D eigenvalue weighted by molar-refractivity contribution is 0.490. The third-order valence-corrected chi connectivity index (χ3v) is 2.99. The zero-order valence-electron chi connectivity index (χ0n) is 8.72. The van der Waals surface area contributed by atoms with Crippen molar-refractivity contribution in [2.75, 3.05) is 0 Å². The van der Waals surface area contributed by atoms with Gasteiger partial charge < -0.3 is 0 Å². The van der Waals surface area contributed by atoms with Crippen molar-refractivity contribution < 1.29 is 0 Å². The highest BCUT2D eigenvalue weighted by molar-refractivity contribution is 5.33. The maximum absolute atomic E-state index is 4.62. The zero-order valence-corrected chi connectivity index (χ0v) is 8.72. The lowest BCUT2D eigenvalue weighted by atomic mass is 9.86. The van der Waals surface area contributed by atoms with Gasteiger partial charge in [0.25, 0.3) is 0 Å². The molecule has 0 radical (unpaired) electrons. The lowest BCUT2D eigenvalue weighted by Crippen LogP contribution is -2.14. The number of aromatic nitrogens is 1. The summed E-state index contributed by atoms with van der Waals surface area (Å²) in [5.74, 6) is 0.821. The van der Waals surface area contributed by atoms with Crippen LogP contribution in [0.5, 0.6) is 0 Å². The first kappa shape index (κ1) is 8.74. The maximum Gasteiger partial charge on any atom is 0.0444 e. The summed E-state index contributed by atoms with van der Waals surface area (Å²) in [6.07, 6.45) is 3.74. The average molecular weight is 175 g/mol. The number of fused-ring (bicyclic) bond motifs is 1. The summed E-state index contributed by atoms with van der Waals surface area (Å²) < 4.78 is 0. The minimum atomic E-state index is 0.821. The van der Waals surface area contributed by atoms with Crippen molar-refractivity contribution in [2.24, 2.45) is 5.92 Å². The van der Waals surface area contributed by atoms with Gasteiger partial charge >= 0.3 is 0 Å². The van der Waals surface area contributed by atoms with E-state index in [2.05, 4.69) is 31.8 Å². The molecule has 0 saturated heterocycles. The molecule has 0 aromatic carbocycles. The Bertz CT molecular complexity index is 328. The molecule has 1 aliphatic carbocycles. The van der Waals surface area contributed by atoms with E-state index in [1.165, 1.54) is 41.8 Å². The highest BCUT2D eigenvalue weighted by Gasteiger charge is 2.17. The molecule has 2 rings (SSSR count). The summed E-state index contributed by atoms with van der Waals surface area (Å²) >= 11 is 0. The van der Waals surface area contributed by atoms with Crippen LogP contribution in [0.4, 0.5) is 0 Å². The average Bonchev–Trinajstić information content (AvgIpc) is 2.02. The number of hydrogen-bond donors (Lipinski definition) is 0. The molecule has 0 saturated carbocycles. The van der Waals surface area contributed by atoms with E-state index in [-0.39, 0.29) is 0 Å². The standard InChI is InChI=1S/C12H17N/c1-8-4-5-11-9(2)7-10(3)13-12(11)6-8/h7-8H,4-6H2,1-3H3/t8-/m0/s1. The minimum absolute atomic E-state index is 0.821. The highest BCUT2D eigenvalue weighted by atomic mass is 14.7. The Labute approximate surface area is 80.2 Å². The third-order valence-electron chi connectivity index (χ3n) is 2.99. The fourth-order valence-electron chi connectivity index (χ4n) is 2.27. The van der Waals surface area contributed by atoms with Crippen LogP contribution in [-0.2, 0) is 12.8 Å². The van der Waals surface area contributed by atoms with Crippen molar-refractivity contribution in [3.63, 3.8) is 0 Å². The number of nitrogens with zero attached hydrogens (tertiary/aromatic N) is 1. The van der Waals surface area contributed by atoms with E-state index in [1.807, 2.05) is 0 Å². The number of aryl methyl sites for hydroxylation is 2. The molecule has 1 heteroatoms. The van der Waals surface area contributed by atoms with Gasteiger partial charge in [-0.15, -0.1) is 0 Å². The largest absolute Gasteiger partial charge is 0.258 e. The van der Waals surface area contributed by atoms with E-state index < -0.39 is 0 Å². The van der Waals surface area contributed by atoms with E-state index in [1.54, 1.807) is 0 Å². The molecule has 1 nitrogen and oxygen atoms in total. The summed E-state index contributed by atoms with van der Waals surface area (Å²) in [5.41, 5.74) is 5.49. The zero-order chi connectivity index (χ0) is 9.42. The number of hydrogen-bond acceptors (Lipinski definition) is 1. The van der Waals surface area contributed by atoms with Gasteiger partial charge in [0.1, 0.15) is 0 Å². The van der Waals surface area contributed by atoms with Crippen LogP contribution in [0.25, 0.3) is 0 Å². The predicted molar refractivity (Wildman–Crippen MR) is 54.9 cm³/mol. The van der Waals surface area contributed by atoms with Gasteiger partial charge in [0.05, 0.1) is 0 Å². The molecule has 1 aromatic heterocycles. The van der Waals surface area contributed by atoms with Crippen LogP contribution in [0.3, 0.4) is 0 Å². The Kier molecular flexibility index (Phi) is 2.10. The molecule has 1 aliphatic rings. The summed E-state index contributed by atoms with van der Waals surface area (Å²) in [4.78, 5) is 4.62. The molecule has 1 aromatic rings. The van der Waals surface area contributed by atoms with Gasteiger partial charge in [-0.1, -0.05) is 6.92 Å². The molecule has 0 fully saturated rings. The van der Waals surface area contributed by atoms with Gasteiger partial charge in [0.2, 0.25) is 0 Å². The molecule has 1 atom stereocenters. The first-order valence-electron chi connectivity index (χ1n) is 5.13. The molecule has 1 heterocycles. The van der Waals surface area contributed by atoms with E-state index in [4.69, 9.17) is 0 Å². The molecule has 0 amide bonds. The Morgan fingerprint density at radius 3 is 2.92 bits per heavy atom. The van der Waals surface area contributed by atoms with Gasteiger partial charge in [0.15, 0.2) is 0 Å². The van der Waals surface area contributed by atoms with Crippen LogP contribution in [0.15, 0.2) is 6.07 Å². The fraction of sp³-hybridized carbons (Fsp3) is 0.583. The molecule has 70 valence electrons. The second-order valence-corrected chi connectivity index (χ2v) is 4.35. The Morgan fingerprint density at radius 2 is 2.15 bits per heavy atom. The minimum Gasteiger partial charge on any atom is -0.258 e. The summed E-state index contributed by atoms with van der Waals surface area (Å²) in [5, 5.41) is 0. The van der Waals surface area contributed by atoms with Gasteiger partial charge in [-0.05, 0) is 56.2 Å². The topological polar surface area (TPSA) is 12.9 Å². The summed E-state index contributed by atoms with van der Waals surface area (Å²) in [7, 11) is 0. The molecular formula is C12H17N. The van der Waals surface area contributed by atoms with Gasteiger partial charge in [0, 0.05) is 11.4 Å². The quantitative estimate of drug-likeness (QED) is 0.591. The van der Waals surface area contributed by atoms with Crippen LogP contribution in [0.1, 0.15) is 35.9 Å². The van der Waals surface area contributed by atoms with Crippen molar-refractivity contribution >= 4 is 0 Å². The first-order valence-corrected chi connectivity index (χ1v) is 5.13. The van der Waals surface area contributed by atoms with E-state index in [0.717, 1.165) is 5.92 Å². The van der Waals surface area contributed by atoms with Crippen molar-refractivity contribution in [3.05, 3.63) is 28.6 Å². The first-order chi connectivity index (χ1) is 6.16. The summed E-state index contributed by atoms with van der Waals surface area (Å²) in [6.45, 7) is 6.62. The Balaban J connectivity index is 2.47. The molecule has 0 bridgehead atoms. The smallest absolute Gasteiger partial charge is 0.0444 e. The Hall–Kier alpha value is -0.850. The second kappa shape index (κ2) is 3.13. The SMILES string of the molecule is Cc1cc(C)c2c(n1)C[C@@H](C)CC2. The normalized spacial score (nSPS) is 21.3. The predicted octanol–water partition coefficient (Wildman–Crippen LogP) is 2.82. The van der Waals surface area contributed by atoms with Crippen LogP contribution < -0.4 is 0 Å². The molecule has 0 unspecified atom stereocenters. The van der Waals surface area contributed by atoms with Gasteiger partial charge in [-0.25, -0.2) is 0 Å². The molecular weight excluding hydrogens is 158 g/mol. The van der Waals surface area contributed by atoms with Crippen LogP contribution in [-0.4, -0.2) is 4.98 Å². The molecule has 13 heavy (non-hydrogen) atoms. The number of pyridine rings is 1. The fourth-order valence-corrected chi connectivity index (χ4v) is 2.27. The van der Waals surface area contributed by atoms with Gasteiger partial charge in [-0.3, -0.25) is 4.98 Å². The van der Waals surface area contributed by atoms with Crippen LogP contribution >= 0.6 is 0 Å². The lowest BCUT2D eigenvalue weighted by Gasteiger charge is -2.22. The maximum atomic E-state index is 4.62. The van der Waals surface area contributed by atoms with Crippen molar-refractivity contribution in [1.82, 2.24) is 4.98 Å². The van der Waals surface area contributed by atoms with Crippen molar-refractivity contribution in [1.29, 1.82) is 0 Å². The number of rotatable bonds is 0. The van der Waals surface area contributed by atoms with E-state index in [9.17, 15) is 0 Å². The third kappa shape index (κ3) is 1.60. The van der Waals surface area contributed by atoms with Crippen molar-refractivity contribution in [2.45, 2.75) is 40.0 Å². The van der Waals surface area contributed by atoms with Crippen LogP contribution in [0.2, 0.25) is 0 Å². The van der Waals surface area contributed by atoms with Gasteiger partial charge in [-0.2, -0.15) is 0 Å². The monoisotopic (exact) mass is 175 g/mol. The van der Waals surface area contributed by atoms with E-state index in [0.29, 0.717) is 0 Å².